The Morgan fingerprint density at radius 3 is 2.84 bits per heavy atom. The lowest BCUT2D eigenvalue weighted by atomic mass is 9.71. The van der Waals surface area contributed by atoms with Gasteiger partial charge in [0.2, 0.25) is 0 Å². The second-order valence-corrected chi connectivity index (χ2v) is 5.50. The number of hydrogen-bond donors (Lipinski definition) is 1. The third-order valence-electron chi connectivity index (χ3n) is 3.74. The first-order valence-electron chi connectivity index (χ1n) is 7.40. The molecule has 1 aliphatic carbocycles. The molecule has 0 unspecified atom stereocenters. The highest BCUT2D eigenvalue weighted by molar-refractivity contribution is 5.25. The zero-order valence-corrected chi connectivity index (χ0v) is 12.6. The van der Waals surface area contributed by atoms with E-state index in [9.17, 15) is 5.11 Å². The monoisotopic (exact) mass is 264 g/mol. The molecule has 0 aromatic carbocycles. The molecule has 1 aliphatic rings. The number of ether oxygens (including phenoxy) is 1. The molecule has 0 radical (unpaired) electrons. The van der Waals surface area contributed by atoms with E-state index in [-0.39, 0.29) is 11.5 Å². The quantitative estimate of drug-likeness (QED) is 0.446. The predicted octanol–water partition coefficient (Wildman–Crippen LogP) is 4.02. The number of hydrogen-bond acceptors (Lipinski definition) is 2. The van der Waals surface area contributed by atoms with E-state index < -0.39 is 0 Å². The predicted molar refractivity (Wildman–Crippen MR) is 81.1 cm³/mol. The Morgan fingerprint density at radius 1 is 1.37 bits per heavy atom. The second-order valence-electron chi connectivity index (χ2n) is 5.50. The van der Waals surface area contributed by atoms with Crippen molar-refractivity contribution in [2.24, 2.45) is 5.41 Å². The zero-order chi connectivity index (χ0) is 14.1. The highest BCUT2D eigenvalue weighted by Crippen LogP contribution is 2.41. The molecule has 0 aliphatic heterocycles. The van der Waals surface area contributed by atoms with Crippen LogP contribution in [0.5, 0.6) is 0 Å². The highest BCUT2D eigenvalue weighted by Gasteiger charge is 2.28. The topological polar surface area (TPSA) is 29.5 Å². The van der Waals surface area contributed by atoms with Crippen molar-refractivity contribution < 1.29 is 9.84 Å². The molecule has 0 bridgehead atoms. The normalized spacial score (nSPS) is 28.5. The van der Waals surface area contributed by atoms with Crippen LogP contribution in [0.4, 0.5) is 0 Å². The van der Waals surface area contributed by atoms with Gasteiger partial charge < -0.3 is 9.84 Å². The average molecular weight is 264 g/mol. The van der Waals surface area contributed by atoms with Gasteiger partial charge in [-0.25, -0.2) is 0 Å². The van der Waals surface area contributed by atoms with Crippen LogP contribution < -0.4 is 0 Å². The van der Waals surface area contributed by atoms with Gasteiger partial charge in [0.25, 0.3) is 0 Å². The summed E-state index contributed by atoms with van der Waals surface area (Å²) in [6.07, 6.45) is 14.9. The molecule has 1 N–H and O–H groups in total. The van der Waals surface area contributed by atoms with Crippen molar-refractivity contribution in [3.8, 4) is 0 Å². The van der Waals surface area contributed by atoms with Crippen LogP contribution in [-0.2, 0) is 4.74 Å². The van der Waals surface area contributed by atoms with E-state index in [4.69, 9.17) is 4.74 Å². The maximum atomic E-state index is 9.20. The molecule has 1 saturated carbocycles. The number of aliphatic hydroxyl groups is 1. The third-order valence-corrected chi connectivity index (χ3v) is 3.74. The summed E-state index contributed by atoms with van der Waals surface area (Å²) >= 11 is 0. The zero-order valence-electron chi connectivity index (χ0n) is 12.6. The van der Waals surface area contributed by atoms with Crippen LogP contribution in [0.2, 0.25) is 0 Å². The minimum Gasteiger partial charge on any atom is -0.389 e. The van der Waals surface area contributed by atoms with Gasteiger partial charge in [-0.15, -0.1) is 0 Å². The van der Waals surface area contributed by atoms with Crippen molar-refractivity contribution >= 4 is 0 Å². The average Bonchev–Trinajstić information content (AvgIpc) is 2.37. The van der Waals surface area contributed by atoms with Gasteiger partial charge in [0.15, 0.2) is 0 Å². The molecule has 0 aromatic heterocycles. The van der Waals surface area contributed by atoms with E-state index in [1.54, 1.807) is 13.0 Å². The first-order chi connectivity index (χ1) is 9.08. The highest BCUT2D eigenvalue weighted by atomic mass is 16.5. The van der Waals surface area contributed by atoms with Gasteiger partial charge in [-0.3, -0.25) is 0 Å². The number of allylic oxidation sites excluding steroid dienone is 4. The van der Waals surface area contributed by atoms with E-state index in [2.05, 4.69) is 25.2 Å². The van der Waals surface area contributed by atoms with E-state index in [1.165, 1.54) is 31.3 Å². The molecule has 0 aromatic rings. The molecule has 1 rings (SSSR count). The Bertz CT molecular complexity index is 339. The summed E-state index contributed by atoms with van der Waals surface area (Å²) < 4.78 is 5.44. The Kier molecular flexibility index (Phi) is 7.11. The molecule has 2 heteroatoms. The van der Waals surface area contributed by atoms with Crippen LogP contribution >= 0.6 is 0 Å². The Hall–Kier alpha value is -0.860. The molecular weight excluding hydrogens is 236 g/mol. The SMILES string of the molecule is CCOCC=C1CCCC[C@@]1(C)C=CC=C[C@@H](C)O. The minimum atomic E-state index is -0.378. The van der Waals surface area contributed by atoms with E-state index in [0.29, 0.717) is 0 Å². The second kappa shape index (κ2) is 8.34. The first-order valence-corrected chi connectivity index (χ1v) is 7.40. The summed E-state index contributed by atoms with van der Waals surface area (Å²) in [6.45, 7) is 7.59. The molecule has 0 saturated heterocycles. The third kappa shape index (κ3) is 5.75. The Balaban J connectivity index is 2.70. The molecule has 1 fully saturated rings. The van der Waals surface area contributed by atoms with Crippen molar-refractivity contribution in [2.45, 2.75) is 52.6 Å². The van der Waals surface area contributed by atoms with Crippen LogP contribution in [0.3, 0.4) is 0 Å². The van der Waals surface area contributed by atoms with Gasteiger partial charge in [-0.05, 0) is 33.1 Å². The summed E-state index contributed by atoms with van der Waals surface area (Å²) in [4.78, 5) is 0. The van der Waals surface area contributed by atoms with Crippen LogP contribution in [0, 0.1) is 5.41 Å². The standard InChI is InChI=1S/C17H28O2/c1-4-19-14-11-16-10-6-8-13-17(16,3)12-7-5-9-15(2)18/h5,7,9,11-12,15,18H,4,6,8,10,13-14H2,1-3H3/t15-,17-/m1/s1. The largest absolute Gasteiger partial charge is 0.389 e. The lowest BCUT2D eigenvalue weighted by molar-refractivity contribution is 0.175. The summed E-state index contributed by atoms with van der Waals surface area (Å²) in [5.74, 6) is 0. The summed E-state index contributed by atoms with van der Waals surface area (Å²) in [7, 11) is 0. The molecule has 19 heavy (non-hydrogen) atoms. The van der Waals surface area contributed by atoms with Crippen molar-refractivity contribution in [3.63, 3.8) is 0 Å². The van der Waals surface area contributed by atoms with E-state index in [0.717, 1.165) is 13.2 Å². The number of rotatable bonds is 6. The van der Waals surface area contributed by atoms with Gasteiger partial charge in [0, 0.05) is 12.0 Å². The van der Waals surface area contributed by atoms with E-state index in [1.807, 2.05) is 13.0 Å². The fourth-order valence-corrected chi connectivity index (χ4v) is 2.55. The lowest BCUT2D eigenvalue weighted by Crippen LogP contribution is -2.21. The van der Waals surface area contributed by atoms with Crippen molar-refractivity contribution in [1.29, 1.82) is 0 Å². The molecule has 0 amide bonds. The fourth-order valence-electron chi connectivity index (χ4n) is 2.55. The van der Waals surface area contributed by atoms with Gasteiger partial charge in [0.1, 0.15) is 0 Å². The van der Waals surface area contributed by atoms with Crippen molar-refractivity contribution in [3.05, 3.63) is 36.0 Å². The van der Waals surface area contributed by atoms with Crippen LogP contribution in [0.15, 0.2) is 36.0 Å². The Labute approximate surface area is 117 Å². The summed E-state index contributed by atoms with van der Waals surface area (Å²) in [6, 6.07) is 0. The number of aliphatic hydroxyl groups excluding tert-OH is 1. The molecule has 2 nitrogen and oxygen atoms in total. The molecule has 0 heterocycles. The van der Waals surface area contributed by atoms with Gasteiger partial charge in [-0.1, -0.05) is 49.3 Å². The fraction of sp³-hybridized carbons (Fsp3) is 0.647. The molecule has 2 atom stereocenters. The Morgan fingerprint density at radius 2 is 2.16 bits per heavy atom. The van der Waals surface area contributed by atoms with Gasteiger partial charge in [0.05, 0.1) is 12.7 Å². The van der Waals surface area contributed by atoms with Crippen LogP contribution in [0.25, 0.3) is 0 Å². The van der Waals surface area contributed by atoms with Gasteiger partial charge >= 0.3 is 0 Å². The van der Waals surface area contributed by atoms with Gasteiger partial charge in [-0.2, -0.15) is 0 Å². The van der Waals surface area contributed by atoms with Crippen LogP contribution in [-0.4, -0.2) is 24.4 Å². The first kappa shape index (κ1) is 16.2. The maximum Gasteiger partial charge on any atom is 0.0695 e. The lowest BCUT2D eigenvalue weighted by Gasteiger charge is -2.34. The van der Waals surface area contributed by atoms with Crippen LogP contribution in [0.1, 0.15) is 46.5 Å². The molecular formula is C17H28O2. The summed E-state index contributed by atoms with van der Waals surface area (Å²) in [5, 5.41) is 9.20. The minimum absolute atomic E-state index is 0.151. The maximum absolute atomic E-state index is 9.20. The smallest absolute Gasteiger partial charge is 0.0695 e. The van der Waals surface area contributed by atoms with Crippen molar-refractivity contribution in [2.75, 3.05) is 13.2 Å². The molecule has 108 valence electrons. The van der Waals surface area contributed by atoms with Crippen molar-refractivity contribution in [1.82, 2.24) is 0 Å². The summed E-state index contributed by atoms with van der Waals surface area (Å²) in [5.41, 5.74) is 1.65. The van der Waals surface area contributed by atoms with E-state index >= 15 is 0 Å². The molecule has 0 spiro atoms.